The second-order valence-electron chi connectivity index (χ2n) is 4.75. The molecule has 0 radical (unpaired) electrons. The van der Waals surface area contributed by atoms with Gasteiger partial charge >= 0.3 is 0 Å². The summed E-state index contributed by atoms with van der Waals surface area (Å²) in [7, 11) is 0. The van der Waals surface area contributed by atoms with Crippen LogP contribution in [-0.2, 0) is 6.54 Å². The molecule has 1 aliphatic carbocycles. The van der Waals surface area contributed by atoms with Gasteiger partial charge in [0.15, 0.2) is 0 Å². The molecule has 2 rings (SSSR count). The third-order valence-corrected chi connectivity index (χ3v) is 3.42. The molecule has 2 unspecified atom stereocenters. The number of aliphatic hydroxyl groups is 1. The van der Waals surface area contributed by atoms with E-state index >= 15 is 0 Å². The Bertz CT molecular complexity index is 309. The molecule has 1 heterocycles. The molecule has 2 atom stereocenters. The average molecular weight is 210 g/mol. The number of aromatic nitrogens is 3. The molecule has 84 valence electrons. The van der Waals surface area contributed by atoms with E-state index in [9.17, 15) is 5.11 Å². The Morgan fingerprint density at radius 3 is 2.93 bits per heavy atom. The van der Waals surface area contributed by atoms with Crippen LogP contribution < -0.4 is 5.32 Å². The Morgan fingerprint density at radius 1 is 1.60 bits per heavy atom. The van der Waals surface area contributed by atoms with Gasteiger partial charge in [-0.3, -0.25) is 4.68 Å². The van der Waals surface area contributed by atoms with Crippen LogP contribution in [0.15, 0.2) is 12.4 Å². The van der Waals surface area contributed by atoms with Crippen LogP contribution in [0.5, 0.6) is 0 Å². The third kappa shape index (κ3) is 2.03. The van der Waals surface area contributed by atoms with Crippen LogP contribution in [0.1, 0.15) is 20.3 Å². The molecule has 1 aromatic rings. The van der Waals surface area contributed by atoms with Gasteiger partial charge in [0, 0.05) is 24.2 Å². The summed E-state index contributed by atoms with van der Waals surface area (Å²) in [4.78, 5) is 0. The molecular weight excluding hydrogens is 192 g/mol. The number of rotatable bonds is 4. The summed E-state index contributed by atoms with van der Waals surface area (Å²) in [5.74, 6) is 0. The molecule has 1 fully saturated rings. The minimum absolute atomic E-state index is 0.00235. The standard InChI is InChI=1S/C10H18N4O/c1-10(2)8(7-9(10)15)11-3-5-14-6-4-12-13-14/h4,6,8-9,11,15H,3,5,7H2,1-2H3. The second-order valence-corrected chi connectivity index (χ2v) is 4.75. The van der Waals surface area contributed by atoms with Gasteiger partial charge in [0.2, 0.25) is 0 Å². The van der Waals surface area contributed by atoms with Crippen molar-refractivity contribution in [3.8, 4) is 0 Å². The predicted octanol–water partition coefficient (Wildman–Crippen LogP) is 0.0271. The molecule has 1 saturated carbocycles. The summed E-state index contributed by atoms with van der Waals surface area (Å²) < 4.78 is 1.80. The highest BCUT2D eigenvalue weighted by Gasteiger charge is 2.46. The predicted molar refractivity (Wildman–Crippen MR) is 56.2 cm³/mol. The lowest BCUT2D eigenvalue weighted by Gasteiger charge is -2.49. The number of aliphatic hydroxyl groups excluding tert-OH is 1. The SMILES string of the molecule is CC1(C)C(O)CC1NCCn1ccnn1. The molecular formula is C10H18N4O. The summed E-state index contributed by atoms with van der Waals surface area (Å²) in [5, 5.41) is 20.6. The summed E-state index contributed by atoms with van der Waals surface area (Å²) in [6.07, 6.45) is 4.21. The first-order valence-electron chi connectivity index (χ1n) is 5.36. The zero-order valence-electron chi connectivity index (χ0n) is 9.22. The lowest BCUT2D eigenvalue weighted by molar-refractivity contribution is -0.0724. The van der Waals surface area contributed by atoms with Gasteiger partial charge in [0.1, 0.15) is 0 Å². The van der Waals surface area contributed by atoms with Gasteiger partial charge in [0.05, 0.1) is 18.8 Å². The Balaban J connectivity index is 1.71. The average Bonchev–Trinajstić information content (AvgIpc) is 2.69. The summed E-state index contributed by atoms with van der Waals surface area (Å²) in [6, 6.07) is 0.413. The van der Waals surface area contributed by atoms with Crippen molar-refractivity contribution < 1.29 is 5.11 Å². The molecule has 2 N–H and O–H groups in total. The van der Waals surface area contributed by atoms with Crippen LogP contribution >= 0.6 is 0 Å². The summed E-state index contributed by atoms with van der Waals surface area (Å²) >= 11 is 0. The number of hydrogen-bond acceptors (Lipinski definition) is 4. The van der Waals surface area contributed by atoms with Crippen molar-refractivity contribution in [2.75, 3.05) is 6.54 Å². The molecule has 5 nitrogen and oxygen atoms in total. The van der Waals surface area contributed by atoms with E-state index < -0.39 is 0 Å². The maximum Gasteiger partial charge on any atom is 0.0692 e. The van der Waals surface area contributed by atoms with E-state index in [1.807, 2.05) is 6.20 Å². The number of nitrogens with one attached hydrogen (secondary N) is 1. The lowest BCUT2D eigenvalue weighted by Crippen LogP contribution is -2.60. The highest BCUT2D eigenvalue weighted by Crippen LogP contribution is 2.40. The normalized spacial score (nSPS) is 28.7. The molecule has 0 saturated heterocycles. The van der Waals surface area contributed by atoms with Crippen molar-refractivity contribution in [1.82, 2.24) is 20.3 Å². The monoisotopic (exact) mass is 210 g/mol. The zero-order valence-corrected chi connectivity index (χ0v) is 9.22. The van der Waals surface area contributed by atoms with Crippen molar-refractivity contribution in [3.05, 3.63) is 12.4 Å². The van der Waals surface area contributed by atoms with Crippen LogP contribution in [0, 0.1) is 5.41 Å². The molecule has 0 amide bonds. The molecule has 15 heavy (non-hydrogen) atoms. The second kappa shape index (κ2) is 3.90. The van der Waals surface area contributed by atoms with Crippen LogP contribution in [0.2, 0.25) is 0 Å². The quantitative estimate of drug-likeness (QED) is 0.736. The third-order valence-electron chi connectivity index (χ3n) is 3.42. The van der Waals surface area contributed by atoms with Gasteiger partial charge in [-0.05, 0) is 6.42 Å². The van der Waals surface area contributed by atoms with Crippen LogP contribution in [-0.4, -0.2) is 38.8 Å². The Kier molecular flexibility index (Phi) is 2.75. The van der Waals surface area contributed by atoms with Gasteiger partial charge in [-0.1, -0.05) is 19.1 Å². The van der Waals surface area contributed by atoms with E-state index in [0.717, 1.165) is 19.5 Å². The zero-order chi connectivity index (χ0) is 10.9. The Morgan fingerprint density at radius 2 is 2.40 bits per heavy atom. The van der Waals surface area contributed by atoms with Crippen molar-refractivity contribution in [2.45, 2.75) is 39.0 Å². The van der Waals surface area contributed by atoms with Crippen molar-refractivity contribution in [1.29, 1.82) is 0 Å². The fraction of sp³-hybridized carbons (Fsp3) is 0.800. The fourth-order valence-electron chi connectivity index (χ4n) is 1.95. The number of hydrogen-bond donors (Lipinski definition) is 2. The molecule has 0 aromatic carbocycles. The highest BCUT2D eigenvalue weighted by molar-refractivity contribution is 5.01. The minimum Gasteiger partial charge on any atom is -0.392 e. The van der Waals surface area contributed by atoms with E-state index in [1.54, 1.807) is 10.9 Å². The van der Waals surface area contributed by atoms with Crippen molar-refractivity contribution in [3.63, 3.8) is 0 Å². The molecule has 0 spiro atoms. The van der Waals surface area contributed by atoms with Crippen LogP contribution in [0.3, 0.4) is 0 Å². The van der Waals surface area contributed by atoms with Gasteiger partial charge in [-0.2, -0.15) is 0 Å². The lowest BCUT2D eigenvalue weighted by atomic mass is 9.64. The summed E-state index contributed by atoms with van der Waals surface area (Å²) in [6.45, 7) is 5.87. The first-order chi connectivity index (χ1) is 7.10. The largest absolute Gasteiger partial charge is 0.392 e. The van der Waals surface area contributed by atoms with Crippen molar-refractivity contribution in [2.24, 2.45) is 5.41 Å². The summed E-state index contributed by atoms with van der Waals surface area (Å²) in [5.41, 5.74) is 0.00235. The van der Waals surface area contributed by atoms with Gasteiger partial charge in [-0.15, -0.1) is 5.10 Å². The van der Waals surface area contributed by atoms with Gasteiger partial charge in [0.25, 0.3) is 0 Å². The molecule has 0 bridgehead atoms. The fourth-order valence-corrected chi connectivity index (χ4v) is 1.95. The maximum atomic E-state index is 9.56. The van der Waals surface area contributed by atoms with E-state index in [1.165, 1.54) is 0 Å². The Hall–Kier alpha value is -0.940. The van der Waals surface area contributed by atoms with E-state index in [2.05, 4.69) is 29.5 Å². The molecule has 5 heteroatoms. The maximum absolute atomic E-state index is 9.56. The van der Waals surface area contributed by atoms with Crippen molar-refractivity contribution >= 4 is 0 Å². The van der Waals surface area contributed by atoms with E-state index in [0.29, 0.717) is 6.04 Å². The van der Waals surface area contributed by atoms with Crippen LogP contribution in [0.25, 0.3) is 0 Å². The van der Waals surface area contributed by atoms with Crippen LogP contribution in [0.4, 0.5) is 0 Å². The first-order valence-corrected chi connectivity index (χ1v) is 5.36. The van der Waals surface area contributed by atoms with E-state index in [-0.39, 0.29) is 11.5 Å². The van der Waals surface area contributed by atoms with Gasteiger partial charge in [-0.25, -0.2) is 0 Å². The minimum atomic E-state index is -0.165. The topological polar surface area (TPSA) is 63.0 Å². The molecule has 1 aliphatic rings. The van der Waals surface area contributed by atoms with Gasteiger partial charge < -0.3 is 10.4 Å². The first kappa shape index (κ1) is 10.6. The molecule has 0 aliphatic heterocycles. The highest BCUT2D eigenvalue weighted by atomic mass is 16.3. The number of nitrogens with zero attached hydrogens (tertiary/aromatic N) is 3. The Labute approximate surface area is 89.5 Å². The smallest absolute Gasteiger partial charge is 0.0692 e. The van der Waals surface area contributed by atoms with E-state index in [4.69, 9.17) is 0 Å². The molecule has 1 aromatic heterocycles.